The van der Waals surface area contributed by atoms with Gasteiger partial charge in [0.05, 0.1) is 12.7 Å². The van der Waals surface area contributed by atoms with Crippen LogP contribution in [-0.4, -0.2) is 73.8 Å². The van der Waals surface area contributed by atoms with Crippen molar-refractivity contribution in [2.45, 2.75) is 25.7 Å². The van der Waals surface area contributed by atoms with Crippen LogP contribution < -0.4 is 5.32 Å². The molecule has 1 aliphatic carbocycles. The van der Waals surface area contributed by atoms with E-state index in [0.717, 1.165) is 25.2 Å². The highest BCUT2D eigenvalue weighted by Crippen LogP contribution is 2.31. The predicted octanol–water partition coefficient (Wildman–Crippen LogP) is 1.87. The van der Waals surface area contributed by atoms with Gasteiger partial charge in [-0.1, -0.05) is 29.8 Å². The number of Topliss-reactive ketones (excluding diaryl/α,β-unsaturated/α-hetero) is 2. The first-order valence-electron chi connectivity index (χ1n) is 10.1. The molecule has 1 amide bonds. The van der Waals surface area contributed by atoms with Gasteiger partial charge in [0.15, 0.2) is 11.6 Å². The van der Waals surface area contributed by atoms with Crippen LogP contribution in [0.4, 0.5) is 4.79 Å². The molecule has 1 saturated carbocycles. The number of carbonyl (C=O) groups is 3. The molecule has 0 unspecified atom stereocenters. The molecule has 2 aliphatic rings. The van der Waals surface area contributed by atoms with Crippen molar-refractivity contribution in [3.8, 4) is 0 Å². The van der Waals surface area contributed by atoms with Crippen LogP contribution in [0.15, 0.2) is 36.0 Å². The molecule has 1 aromatic carbocycles. The molecular formula is C22H29N3O4. The summed E-state index contributed by atoms with van der Waals surface area (Å²) in [6.45, 7) is 6.30. The van der Waals surface area contributed by atoms with E-state index >= 15 is 0 Å². The summed E-state index contributed by atoms with van der Waals surface area (Å²) in [6.07, 6.45) is 2.04. The van der Waals surface area contributed by atoms with Crippen LogP contribution in [0.1, 0.15) is 29.9 Å². The first-order valence-corrected chi connectivity index (χ1v) is 10.1. The monoisotopic (exact) mass is 399 g/mol. The Morgan fingerprint density at radius 2 is 1.72 bits per heavy atom. The molecule has 1 aromatic rings. The molecule has 0 spiro atoms. The van der Waals surface area contributed by atoms with Crippen molar-refractivity contribution in [3.05, 3.63) is 47.2 Å². The lowest BCUT2D eigenvalue weighted by Crippen LogP contribution is -2.49. The molecule has 1 N–H and O–H groups in total. The number of nitrogens with one attached hydrogen (secondary N) is 1. The molecule has 1 aliphatic heterocycles. The molecule has 1 heterocycles. The normalized spacial score (nSPS) is 20.6. The lowest BCUT2D eigenvalue weighted by Gasteiger charge is -2.33. The largest absolute Gasteiger partial charge is 0.453 e. The fourth-order valence-corrected chi connectivity index (χ4v) is 3.81. The quantitative estimate of drug-likeness (QED) is 0.463. The number of ether oxygens (including phenoxy) is 1. The number of amides is 1. The van der Waals surface area contributed by atoms with E-state index in [1.54, 1.807) is 11.1 Å². The van der Waals surface area contributed by atoms with Crippen LogP contribution in [0, 0.1) is 6.92 Å². The number of piperazine rings is 1. The Hall–Kier alpha value is -2.67. The standard InChI is InChI=1S/C22H29N3O4/c1-16-3-5-17(6-4-16)18-13-20(26)19(21(27)14-18)15-23-7-8-24-9-11-25(12-10-24)22(28)29-2/h3-6,15,18,23H,7-14H2,1-2H3. The van der Waals surface area contributed by atoms with Gasteiger partial charge in [-0.15, -0.1) is 0 Å². The minimum absolute atomic E-state index is 0.0288. The Morgan fingerprint density at radius 3 is 2.31 bits per heavy atom. The molecule has 0 atom stereocenters. The van der Waals surface area contributed by atoms with Crippen molar-refractivity contribution in [2.24, 2.45) is 0 Å². The van der Waals surface area contributed by atoms with Crippen molar-refractivity contribution >= 4 is 17.7 Å². The summed E-state index contributed by atoms with van der Waals surface area (Å²) in [5, 5.41) is 3.12. The summed E-state index contributed by atoms with van der Waals surface area (Å²) in [6, 6.07) is 8.05. The Bertz CT molecular complexity index is 760. The minimum atomic E-state index is -0.286. The summed E-state index contributed by atoms with van der Waals surface area (Å²) >= 11 is 0. The lowest BCUT2D eigenvalue weighted by atomic mass is 9.80. The van der Waals surface area contributed by atoms with Crippen LogP contribution in [0.25, 0.3) is 0 Å². The molecule has 1 saturated heterocycles. The van der Waals surface area contributed by atoms with Gasteiger partial charge in [-0.05, 0) is 18.4 Å². The molecule has 156 valence electrons. The summed E-state index contributed by atoms with van der Waals surface area (Å²) < 4.78 is 4.74. The van der Waals surface area contributed by atoms with E-state index in [2.05, 4.69) is 10.2 Å². The smallest absolute Gasteiger partial charge is 0.409 e. The summed E-state index contributed by atoms with van der Waals surface area (Å²) in [7, 11) is 1.39. The van der Waals surface area contributed by atoms with E-state index in [1.807, 2.05) is 31.2 Å². The van der Waals surface area contributed by atoms with E-state index in [0.29, 0.717) is 32.5 Å². The Morgan fingerprint density at radius 1 is 1.10 bits per heavy atom. The zero-order chi connectivity index (χ0) is 20.8. The molecule has 7 nitrogen and oxygen atoms in total. The molecule has 0 radical (unpaired) electrons. The maximum atomic E-state index is 12.5. The molecule has 0 aromatic heterocycles. The van der Waals surface area contributed by atoms with E-state index in [4.69, 9.17) is 4.74 Å². The minimum Gasteiger partial charge on any atom is -0.453 e. The number of hydrogen-bond acceptors (Lipinski definition) is 6. The average molecular weight is 399 g/mol. The maximum absolute atomic E-state index is 12.5. The third-order valence-corrected chi connectivity index (χ3v) is 5.64. The number of methoxy groups -OCH3 is 1. The van der Waals surface area contributed by atoms with Crippen LogP contribution >= 0.6 is 0 Å². The molecule has 0 bridgehead atoms. The van der Waals surface area contributed by atoms with Crippen molar-refractivity contribution in [2.75, 3.05) is 46.4 Å². The van der Waals surface area contributed by atoms with Crippen molar-refractivity contribution < 1.29 is 19.1 Å². The molecule has 3 rings (SSSR count). The number of carbonyl (C=O) groups excluding carboxylic acids is 3. The topological polar surface area (TPSA) is 79.0 Å². The summed E-state index contributed by atoms with van der Waals surface area (Å²) in [4.78, 5) is 40.4. The van der Waals surface area contributed by atoms with Crippen LogP contribution in [-0.2, 0) is 14.3 Å². The zero-order valence-electron chi connectivity index (χ0n) is 17.1. The second-order valence-corrected chi connectivity index (χ2v) is 7.67. The van der Waals surface area contributed by atoms with Crippen molar-refractivity contribution in [1.82, 2.24) is 15.1 Å². The lowest BCUT2D eigenvalue weighted by molar-refractivity contribution is -0.124. The fraction of sp³-hybridized carbons (Fsp3) is 0.500. The van der Waals surface area contributed by atoms with Crippen LogP contribution in [0.5, 0.6) is 0 Å². The fourth-order valence-electron chi connectivity index (χ4n) is 3.81. The Kier molecular flexibility index (Phi) is 7.04. The SMILES string of the molecule is COC(=O)N1CCN(CCNC=C2C(=O)CC(c3ccc(C)cc3)CC2=O)CC1. The summed E-state index contributed by atoms with van der Waals surface area (Å²) in [5.41, 5.74) is 2.50. The van der Waals surface area contributed by atoms with Gasteiger partial charge in [0, 0.05) is 58.3 Å². The number of aryl methyl sites for hydroxylation is 1. The third kappa shape index (κ3) is 5.44. The van der Waals surface area contributed by atoms with Crippen LogP contribution in [0.2, 0.25) is 0 Å². The van der Waals surface area contributed by atoms with E-state index in [-0.39, 0.29) is 29.2 Å². The average Bonchev–Trinajstić information content (AvgIpc) is 2.73. The highest BCUT2D eigenvalue weighted by atomic mass is 16.5. The van der Waals surface area contributed by atoms with Gasteiger partial charge in [0.25, 0.3) is 0 Å². The molecular weight excluding hydrogens is 370 g/mol. The van der Waals surface area contributed by atoms with Gasteiger partial charge in [0.2, 0.25) is 0 Å². The Balaban J connectivity index is 1.44. The second kappa shape index (κ2) is 9.69. The van der Waals surface area contributed by atoms with Gasteiger partial charge in [0.1, 0.15) is 0 Å². The van der Waals surface area contributed by atoms with Gasteiger partial charge in [-0.2, -0.15) is 0 Å². The number of rotatable bonds is 5. The van der Waals surface area contributed by atoms with E-state index in [9.17, 15) is 14.4 Å². The third-order valence-electron chi connectivity index (χ3n) is 5.64. The number of allylic oxidation sites excluding steroid dienone is 1. The van der Waals surface area contributed by atoms with Crippen molar-refractivity contribution in [1.29, 1.82) is 0 Å². The van der Waals surface area contributed by atoms with E-state index < -0.39 is 0 Å². The zero-order valence-corrected chi connectivity index (χ0v) is 17.1. The van der Waals surface area contributed by atoms with Gasteiger partial charge < -0.3 is 15.0 Å². The first-order chi connectivity index (χ1) is 14.0. The molecule has 7 heteroatoms. The van der Waals surface area contributed by atoms with Crippen LogP contribution in [0.3, 0.4) is 0 Å². The van der Waals surface area contributed by atoms with Crippen molar-refractivity contribution in [3.63, 3.8) is 0 Å². The maximum Gasteiger partial charge on any atom is 0.409 e. The number of benzene rings is 1. The number of hydrogen-bond donors (Lipinski definition) is 1. The summed E-state index contributed by atoms with van der Waals surface area (Å²) in [5.74, 6) is -0.212. The molecule has 2 fully saturated rings. The van der Waals surface area contributed by atoms with Gasteiger partial charge in [-0.3, -0.25) is 14.5 Å². The highest BCUT2D eigenvalue weighted by Gasteiger charge is 2.31. The predicted molar refractivity (Wildman–Crippen MR) is 110 cm³/mol. The van der Waals surface area contributed by atoms with Gasteiger partial charge in [-0.25, -0.2) is 4.79 Å². The van der Waals surface area contributed by atoms with Gasteiger partial charge >= 0.3 is 6.09 Å². The first kappa shape index (κ1) is 21.0. The number of nitrogens with zero attached hydrogens (tertiary/aromatic N) is 2. The number of ketones is 2. The second-order valence-electron chi connectivity index (χ2n) is 7.67. The molecule has 29 heavy (non-hydrogen) atoms. The van der Waals surface area contributed by atoms with E-state index in [1.165, 1.54) is 12.7 Å². The Labute approximate surface area is 171 Å². The highest BCUT2D eigenvalue weighted by molar-refractivity contribution is 6.22.